The van der Waals surface area contributed by atoms with E-state index in [1.807, 2.05) is 6.92 Å². The second kappa shape index (κ2) is 8.93. The first-order valence-corrected chi connectivity index (χ1v) is 11.1. The lowest BCUT2D eigenvalue weighted by Gasteiger charge is -2.31. The number of aryl methyl sites for hydroxylation is 1. The number of alkyl halides is 3. The van der Waals surface area contributed by atoms with Crippen molar-refractivity contribution >= 4 is 35.0 Å². The van der Waals surface area contributed by atoms with Crippen molar-refractivity contribution in [3.63, 3.8) is 0 Å². The monoisotopic (exact) mass is 479 g/mol. The van der Waals surface area contributed by atoms with Crippen molar-refractivity contribution in [2.75, 3.05) is 16.0 Å². The number of carbonyl (C=O) groups excluding carboxylic acids is 2. The molecule has 0 bridgehead atoms. The minimum absolute atomic E-state index is 0.00273. The summed E-state index contributed by atoms with van der Waals surface area (Å²) in [4.78, 5) is 25.9. The maximum Gasteiger partial charge on any atom is 0.409 e. The van der Waals surface area contributed by atoms with E-state index in [-0.39, 0.29) is 17.1 Å². The van der Waals surface area contributed by atoms with E-state index in [9.17, 15) is 22.8 Å². The summed E-state index contributed by atoms with van der Waals surface area (Å²) in [6.45, 7) is 4.14. The summed E-state index contributed by atoms with van der Waals surface area (Å²) in [5, 5.41) is 11.1. The molecule has 1 aliphatic heterocycles. The molecule has 174 valence electrons. The number of benzene rings is 1. The molecular formula is C21H20F3N5O3S. The topological polar surface area (TPSA) is 93.3 Å². The number of anilines is 2. The van der Waals surface area contributed by atoms with Gasteiger partial charge in [0.25, 0.3) is 0 Å². The minimum Gasteiger partial charge on any atom is -0.469 e. The quantitative estimate of drug-likeness (QED) is 0.550. The fourth-order valence-corrected chi connectivity index (χ4v) is 4.55. The van der Waals surface area contributed by atoms with E-state index in [1.165, 1.54) is 24.5 Å². The molecule has 1 N–H and O–H groups in total. The lowest BCUT2D eigenvalue weighted by Crippen LogP contribution is -2.50. The van der Waals surface area contributed by atoms with Crippen LogP contribution in [0.15, 0.2) is 46.2 Å². The third kappa shape index (κ3) is 4.47. The number of hydrogen-bond donors (Lipinski definition) is 1. The third-order valence-corrected chi connectivity index (χ3v) is 6.18. The number of rotatable bonds is 5. The minimum atomic E-state index is -4.79. The molecule has 2 amide bonds. The van der Waals surface area contributed by atoms with Gasteiger partial charge in [-0.05, 0) is 32.0 Å². The smallest absolute Gasteiger partial charge is 0.409 e. The van der Waals surface area contributed by atoms with Gasteiger partial charge in [-0.1, -0.05) is 23.9 Å². The van der Waals surface area contributed by atoms with Crippen LogP contribution in [0.1, 0.15) is 19.1 Å². The summed E-state index contributed by atoms with van der Waals surface area (Å²) in [6.07, 6.45) is -4.15. The van der Waals surface area contributed by atoms with E-state index in [0.717, 1.165) is 17.3 Å². The molecule has 0 radical (unpaired) electrons. The third-order valence-electron chi connectivity index (χ3n) is 5.23. The van der Waals surface area contributed by atoms with Crippen LogP contribution in [0.5, 0.6) is 0 Å². The molecule has 1 aromatic carbocycles. The summed E-state index contributed by atoms with van der Waals surface area (Å²) in [5.74, 6) is -0.730. The first-order valence-electron chi connectivity index (χ1n) is 10.1. The molecule has 2 aromatic heterocycles. The SMILES string of the molecule is CCn1c(SCC(=O)N2c3ccccc3NC(=O)CC2C(F)(F)F)nnc1-c1ccoc1C. The summed E-state index contributed by atoms with van der Waals surface area (Å²) < 4.78 is 48.7. The van der Waals surface area contributed by atoms with Crippen LogP contribution in [-0.2, 0) is 16.1 Å². The molecule has 1 unspecified atom stereocenters. The number of amides is 2. The van der Waals surface area contributed by atoms with Gasteiger partial charge in [0, 0.05) is 6.54 Å². The highest BCUT2D eigenvalue weighted by molar-refractivity contribution is 7.99. The Kier molecular flexibility index (Phi) is 6.19. The Labute approximate surface area is 191 Å². The zero-order valence-electron chi connectivity index (χ0n) is 17.7. The Morgan fingerprint density at radius 1 is 1.27 bits per heavy atom. The molecule has 0 saturated carbocycles. The molecular weight excluding hydrogens is 459 g/mol. The van der Waals surface area contributed by atoms with Gasteiger partial charge in [-0.25, -0.2) is 0 Å². The normalized spacial score (nSPS) is 16.3. The first kappa shape index (κ1) is 22.9. The highest BCUT2D eigenvalue weighted by atomic mass is 32.2. The van der Waals surface area contributed by atoms with Gasteiger partial charge in [0.15, 0.2) is 11.0 Å². The van der Waals surface area contributed by atoms with Crippen molar-refractivity contribution in [3.8, 4) is 11.4 Å². The largest absolute Gasteiger partial charge is 0.469 e. The van der Waals surface area contributed by atoms with E-state index < -0.39 is 30.5 Å². The van der Waals surface area contributed by atoms with Gasteiger partial charge in [0.05, 0.1) is 35.4 Å². The van der Waals surface area contributed by atoms with Crippen LogP contribution >= 0.6 is 11.8 Å². The van der Waals surface area contributed by atoms with E-state index in [0.29, 0.717) is 28.2 Å². The lowest BCUT2D eigenvalue weighted by molar-refractivity contribution is -0.157. The second-order valence-electron chi connectivity index (χ2n) is 7.32. The number of furan rings is 1. The average molecular weight is 479 g/mol. The van der Waals surface area contributed by atoms with Crippen molar-refractivity contribution in [2.45, 2.75) is 44.2 Å². The fraction of sp³-hybridized carbons (Fsp3) is 0.333. The van der Waals surface area contributed by atoms with Crippen LogP contribution in [0.3, 0.4) is 0 Å². The van der Waals surface area contributed by atoms with Crippen molar-refractivity contribution in [1.29, 1.82) is 0 Å². The van der Waals surface area contributed by atoms with Crippen LogP contribution in [0.25, 0.3) is 11.4 Å². The molecule has 1 atom stereocenters. The van der Waals surface area contributed by atoms with E-state index in [2.05, 4.69) is 15.5 Å². The van der Waals surface area contributed by atoms with Gasteiger partial charge in [0.1, 0.15) is 11.8 Å². The summed E-state index contributed by atoms with van der Waals surface area (Å²) in [5.41, 5.74) is 0.899. The number of aromatic nitrogens is 3. The Hall–Kier alpha value is -3.28. The van der Waals surface area contributed by atoms with Crippen LogP contribution in [0, 0.1) is 6.92 Å². The van der Waals surface area contributed by atoms with Crippen LogP contribution in [0.2, 0.25) is 0 Å². The maximum absolute atomic E-state index is 13.9. The molecule has 0 fully saturated rings. The highest BCUT2D eigenvalue weighted by Crippen LogP contribution is 2.38. The van der Waals surface area contributed by atoms with E-state index in [4.69, 9.17) is 4.42 Å². The molecule has 4 rings (SSSR count). The Bertz CT molecular complexity index is 1190. The van der Waals surface area contributed by atoms with Gasteiger partial charge < -0.3 is 14.3 Å². The van der Waals surface area contributed by atoms with Gasteiger partial charge in [-0.15, -0.1) is 10.2 Å². The molecule has 33 heavy (non-hydrogen) atoms. The highest BCUT2D eigenvalue weighted by Gasteiger charge is 2.49. The van der Waals surface area contributed by atoms with Gasteiger partial charge in [-0.3, -0.25) is 14.5 Å². The number of hydrogen-bond acceptors (Lipinski definition) is 6. The van der Waals surface area contributed by atoms with Crippen molar-refractivity contribution in [3.05, 3.63) is 42.4 Å². The van der Waals surface area contributed by atoms with Gasteiger partial charge in [0.2, 0.25) is 11.8 Å². The molecule has 12 heteroatoms. The van der Waals surface area contributed by atoms with Crippen molar-refractivity contribution in [1.82, 2.24) is 14.8 Å². The molecule has 3 aromatic rings. The van der Waals surface area contributed by atoms with Gasteiger partial charge in [-0.2, -0.15) is 13.2 Å². The molecule has 0 saturated heterocycles. The number of thioether (sulfide) groups is 1. The van der Waals surface area contributed by atoms with Crippen molar-refractivity contribution < 1.29 is 27.2 Å². The predicted octanol–water partition coefficient (Wildman–Crippen LogP) is 4.26. The van der Waals surface area contributed by atoms with Gasteiger partial charge >= 0.3 is 6.18 Å². The first-order chi connectivity index (χ1) is 15.7. The zero-order chi connectivity index (χ0) is 23.8. The second-order valence-corrected chi connectivity index (χ2v) is 8.26. The Morgan fingerprint density at radius 2 is 2.03 bits per heavy atom. The predicted molar refractivity (Wildman–Crippen MR) is 116 cm³/mol. The van der Waals surface area contributed by atoms with E-state index in [1.54, 1.807) is 23.6 Å². The lowest BCUT2D eigenvalue weighted by atomic mass is 10.1. The number of halogens is 3. The number of fused-ring (bicyclic) bond motifs is 1. The molecule has 3 heterocycles. The van der Waals surface area contributed by atoms with Crippen LogP contribution < -0.4 is 10.2 Å². The summed E-state index contributed by atoms with van der Waals surface area (Å²) in [7, 11) is 0. The standard InChI is InChI=1S/C21H20F3N5O3S/c1-3-28-19(13-8-9-32-12(13)2)26-27-20(28)33-11-18(31)29-15-7-5-4-6-14(15)25-17(30)10-16(29)21(22,23)24/h4-9,16H,3,10-11H2,1-2H3,(H,25,30). The molecule has 0 spiro atoms. The van der Waals surface area contributed by atoms with Crippen LogP contribution in [-0.4, -0.2) is 44.5 Å². The van der Waals surface area contributed by atoms with Crippen LogP contribution in [0.4, 0.5) is 24.5 Å². The number of nitrogens with one attached hydrogen (secondary N) is 1. The fourth-order valence-electron chi connectivity index (χ4n) is 3.69. The van der Waals surface area contributed by atoms with Crippen molar-refractivity contribution in [2.24, 2.45) is 0 Å². The average Bonchev–Trinajstić information content (AvgIpc) is 3.32. The summed E-state index contributed by atoms with van der Waals surface area (Å²) in [6, 6.07) is 5.42. The Morgan fingerprint density at radius 3 is 2.70 bits per heavy atom. The number of carbonyl (C=O) groups is 2. The number of para-hydroxylation sites is 2. The summed E-state index contributed by atoms with van der Waals surface area (Å²) >= 11 is 0.987. The Balaban J connectivity index is 1.63. The maximum atomic E-state index is 13.9. The molecule has 8 nitrogen and oxygen atoms in total. The molecule has 1 aliphatic rings. The molecule has 0 aliphatic carbocycles. The van der Waals surface area contributed by atoms with E-state index >= 15 is 0 Å². The zero-order valence-corrected chi connectivity index (χ0v) is 18.5. The number of nitrogens with zero attached hydrogens (tertiary/aromatic N) is 4.